The highest BCUT2D eigenvalue weighted by Crippen LogP contribution is 2.31. The Morgan fingerprint density at radius 2 is 2.07 bits per heavy atom. The molecule has 0 N–H and O–H groups in total. The summed E-state index contributed by atoms with van der Waals surface area (Å²) in [4.78, 5) is 15.1. The summed E-state index contributed by atoms with van der Waals surface area (Å²) in [5.74, 6) is 0.548. The van der Waals surface area contributed by atoms with Crippen molar-refractivity contribution in [1.82, 2.24) is 9.55 Å². The number of hydrogen-bond acceptors (Lipinski definition) is 5. The lowest BCUT2D eigenvalue weighted by Crippen LogP contribution is -2.07. The molecular formula is C20H16ClN3O3. The number of halogens is 1. The van der Waals surface area contributed by atoms with Crippen LogP contribution in [0.1, 0.15) is 23.7 Å². The first-order valence-electron chi connectivity index (χ1n) is 8.14. The quantitative estimate of drug-likeness (QED) is 0.594. The SMILES string of the molecule is CC(=O)OCc1cncn1Cc1ccc(C#N)c(Oc2ccccc2Cl)c1. The third kappa shape index (κ3) is 4.66. The molecule has 27 heavy (non-hydrogen) atoms. The summed E-state index contributed by atoms with van der Waals surface area (Å²) in [7, 11) is 0. The van der Waals surface area contributed by atoms with E-state index in [2.05, 4.69) is 11.1 Å². The second-order valence-electron chi connectivity index (χ2n) is 5.77. The number of imidazole rings is 1. The summed E-state index contributed by atoms with van der Waals surface area (Å²) in [6.07, 6.45) is 3.30. The van der Waals surface area contributed by atoms with E-state index < -0.39 is 0 Å². The Balaban J connectivity index is 1.84. The molecule has 0 fully saturated rings. The van der Waals surface area contributed by atoms with Gasteiger partial charge in [-0.25, -0.2) is 4.98 Å². The molecule has 0 atom stereocenters. The maximum absolute atomic E-state index is 11.0. The van der Waals surface area contributed by atoms with Crippen molar-refractivity contribution in [3.63, 3.8) is 0 Å². The molecule has 0 aliphatic heterocycles. The maximum atomic E-state index is 11.0. The summed E-state index contributed by atoms with van der Waals surface area (Å²) >= 11 is 6.14. The highest BCUT2D eigenvalue weighted by atomic mass is 35.5. The van der Waals surface area contributed by atoms with Crippen molar-refractivity contribution in [2.45, 2.75) is 20.1 Å². The summed E-state index contributed by atoms with van der Waals surface area (Å²) in [5, 5.41) is 9.82. The zero-order valence-electron chi connectivity index (χ0n) is 14.6. The summed E-state index contributed by atoms with van der Waals surface area (Å²) in [6.45, 7) is 2.00. The maximum Gasteiger partial charge on any atom is 0.303 e. The van der Waals surface area contributed by atoms with Crippen LogP contribution in [-0.4, -0.2) is 15.5 Å². The minimum Gasteiger partial charge on any atom is -0.459 e. The molecule has 0 aliphatic carbocycles. The molecule has 0 bridgehead atoms. The van der Waals surface area contributed by atoms with E-state index in [0.29, 0.717) is 28.6 Å². The number of carbonyl (C=O) groups excluding carboxylic acids is 1. The molecule has 0 saturated carbocycles. The molecule has 0 radical (unpaired) electrons. The first-order valence-corrected chi connectivity index (χ1v) is 8.52. The first kappa shape index (κ1) is 18.5. The van der Waals surface area contributed by atoms with Crippen molar-refractivity contribution in [1.29, 1.82) is 5.26 Å². The van der Waals surface area contributed by atoms with Crippen molar-refractivity contribution >= 4 is 17.6 Å². The lowest BCUT2D eigenvalue weighted by atomic mass is 10.1. The van der Waals surface area contributed by atoms with Crippen LogP contribution in [0.2, 0.25) is 5.02 Å². The minimum absolute atomic E-state index is 0.147. The van der Waals surface area contributed by atoms with E-state index in [1.54, 1.807) is 42.9 Å². The predicted octanol–water partition coefficient (Wildman–Crippen LogP) is 4.31. The Morgan fingerprint density at radius 3 is 2.81 bits per heavy atom. The molecule has 1 aromatic heterocycles. The van der Waals surface area contributed by atoms with E-state index in [9.17, 15) is 10.1 Å². The van der Waals surface area contributed by atoms with Gasteiger partial charge in [-0.2, -0.15) is 5.26 Å². The van der Waals surface area contributed by atoms with Gasteiger partial charge in [0.05, 0.1) is 28.8 Å². The van der Waals surface area contributed by atoms with Crippen LogP contribution in [0.4, 0.5) is 0 Å². The van der Waals surface area contributed by atoms with Gasteiger partial charge in [-0.05, 0) is 29.8 Å². The van der Waals surface area contributed by atoms with E-state index in [1.165, 1.54) is 6.92 Å². The molecule has 1 heterocycles. The van der Waals surface area contributed by atoms with Crippen LogP contribution >= 0.6 is 11.6 Å². The van der Waals surface area contributed by atoms with Crippen LogP contribution in [0.5, 0.6) is 11.5 Å². The smallest absolute Gasteiger partial charge is 0.303 e. The number of nitrogens with zero attached hydrogens (tertiary/aromatic N) is 3. The van der Waals surface area contributed by atoms with E-state index in [-0.39, 0.29) is 12.6 Å². The largest absolute Gasteiger partial charge is 0.459 e. The number of rotatable bonds is 6. The molecular weight excluding hydrogens is 366 g/mol. The fraction of sp³-hybridized carbons (Fsp3) is 0.150. The fourth-order valence-corrected chi connectivity index (χ4v) is 2.65. The number of carbonyl (C=O) groups is 1. The predicted molar refractivity (Wildman–Crippen MR) is 99.5 cm³/mol. The molecule has 0 saturated heterocycles. The second-order valence-corrected chi connectivity index (χ2v) is 6.18. The topological polar surface area (TPSA) is 77.1 Å². The summed E-state index contributed by atoms with van der Waals surface area (Å²) in [5.41, 5.74) is 2.07. The third-order valence-electron chi connectivity index (χ3n) is 3.80. The monoisotopic (exact) mass is 381 g/mol. The van der Waals surface area contributed by atoms with Crippen molar-refractivity contribution in [3.05, 3.63) is 76.8 Å². The Labute approximate surface area is 161 Å². The van der Waals surface area contributed by atoms with Gasteiger partial charge >= 0.3 is 5.97 Å². The van der Waals surface area contributed by atoms with Crippen molar-refractivity contribution in [2.24, 2.45) is 0 Å². The second kappa shape index (κ2) is 8.39. The van der Waals surface area contributed by atoms with Gasteiger partial charge in [-0.1, -0.05) is 29.8 Å². The van der Waals surface area contributed by atoms with Crippen LogP contribution in [-0.2, 0) is 22.7 Å². The Kier molecular flexibility index (Phi) is 5.74. The van der Waals surface area contributed by atoms with Gasteiger partial charge < -0.3 is 14.0 Å². The Bertz CT molecular complexity index is 1010. The van der Waals surface area contributed by atoms with Crippen molar-refractivity contribution in [2.75, 3.05) is 0 Å². The van der Waals surface area contributed by atoms with E-state index in [1.807, 2.05) is 16.7 Å². The van der Waals surface area contributed by atoms with E-state index >= 15 is 0 Å². The van der Waals surface area contributed by atoms with Gasteiger partial charge in [-0.15, -0.1) is 0 Å². The average molecular weight is 382 g/mol. The number of ether oxygens (including phenoxy) is 2. The molecule has 3 aromatic rings. The molecule has 0 amide bonds. The zero-order valence-corrected chi connectivity index (χ0v) is 15.3. The molecule has 136 valence electrons. The van der Waals surface area contributed by atoms with Crippen LogP contribution in [0.3, 0.4) is 0 Å². The Morgan fingerprint density at radius 1 is 1.26 bits per heavy atom. The molecule has 2 aromatic carbocycles. The van der Waals surface area contributed by atoms with E-state index in [4.69, 9.17) is 21.1 Å². The van der Waals surface area contributed by atoms with Crippen LogP contribution in [0, 0.1) is 11.3 Å². The normalized spacial score (nSPS) is 10.3. The highest BCUT2D eigenvalue weighted by molar-refractivity contribution is 6.32. The molecule has 0 aliphatic rings. The van der Waals surface area contributed by atoms with Gasteiger partial charge in [0.15, 0.2) is 0 Å². The number of esters is 1. The first-order chi connectivity index (χ1) is 13.1. The number of hydrogen-bond donors (Lipinski definition) is 0. The third-order valence-corrected chi connectivity index (χ3v) is 4.11. The van der Waals surface area contributed by atoms with Gasteiger partial charge in [0.25, 0.3) is 0 Å². The lowest BCUT2D eigenvalue weighted by Gasteiger charge is -2.12. The number of nitriles is 1. The van der Waals surface area contributed by atoms with Crippen LogP contribution < -0.4 is 4.74 Å². The van der Waals surface area contributed by atoms with Gasteiger partial charge in [-0.3, -0.25) is 4.79 Å². The number of aromatic nitrogens is 2. The van der Waals surface area contributed by atoms with E-state index in [0.717, 1.165) is 11.3 Å². The molecule has 0 spiro atoms. The Hall–Kier alpha value is -3.30. The minimum atomic E-state index is -0.350. The van der Waals surface area contributed by atoms with Crippen LogP contribution in [0.25, 0.3) is 0 Å². The van der Waals surface area contributed by atoms with Gasteiger partial charge in [0.2, 0.25) is 0 Å². The fourth-order valence-electron chi connectivity index (χ4n) is 2.47. The molecule has 0 unspecified atom stereocenters. The number of para-hydroxylation sites is 1. The molecule has 3 rings (SSSR count). The van der Waals surface area contributed by atoms with Crippen molar-refractivity contribution in [3.8, 4) is 17.6 Å². The highest BCUT2D eigenvalue weighted by Gasteiger charge is 2.11. The molecule has 7 heteroatoms. The summed E-state index contributed by atoms with van der Waals surface area (Å²) < 4.78 is 12.8. The zero-order chi connectivity index (χ0) is 19.2. The van der Waals surface area contributed by atoms with Crippen LogP contribution in [0.15, 0.2) is 55.0 Å². The molecule has 6 nitrogen and oxygen atoms in total. The van der Waals surface area contributed by atoms with Gasteiger partial charge in [0, 0.05) is 13.5 Å². The average Bonchev–Trinajstić information content (AvgIpc) is 3.09. The van der Waals surface area contributed by atoms with Crippen molar-refractivity contribution < 1.29 is 14.3 Å². The number of benzene rings is 2. The lowest BCUT2D eigenvalue weighted by molar-refractivity contribution is -0.142. The van der Waals surface area contributed by atoms with Gasteiger partial charge in [0.1, 0.15) is 24.2 Å². The summed E-state index contributed by atoms with van der Waals surface area (Å²) in [6, 6.07) is 14.5. The standard InChI is InChI=1S/C20H16ClN3O3/c1-14(25)26-12-17-10-23-13-24(17)11-15-6-7-16(9-22)20(8-15)27-19-5-3-2-4-18(19)21/h2-8,10,13H,11-12H2,1H3.